The van der Waals surface area contributed by atoms with Gasteiger partial charge in [0.2, 0.25) is 0 Å². The van der Waals surface area contributed by atoms with E-state index in [1.54, 1.807) is 11.3 Å². The van der Waals surface area contributed by atoms with Crippen molar-refractivity contribution in [2.24, 2.45) is 0 Å². The molecule has 1 aromatic heterocycles. The lowest BCUT2D eigenvalue weighted by Crippen LogP contribution is -2.42. The fourth-order valence-electron chi connectivity index (χ4n) is 3.27. The topological polar surface area (TPSA) is 30.3 Å². The maximum atomic E-state index is 9.07. The molecule has 0 saturated heterocycles. The minimum absolute atomic E-state index is 0.639. The van der Waals surface area contributed by atoms with Crippen LogP contribution in [-0.2, 0) is 0 Å². The first-order valence-corrected chi connectivity index (χ1v) is 8.32. The molecule has 1 aromatic rings. The van der Waals surface area contributed by atoms with Gasteiger partial charge >= 0.3 is 0 Å². The van der Waals surface area contributed by atoms with Gasteiger partial charge in [0.25, 0.3) is 0 Å². The van der Waals surface area contributed by atoms with Crippen molar-refractivity contribution in [3.8, 4) is 6.07 Å². The molecule has 0 amide bonds. The molecule has 2 rings (SSSR count). The first-order chi connectivity index (χ1) is 9.56. The van der Waals surface area contributed by atoms with Crippen molar-refractivity contribution in [2.45, 2.75) is 51.6 Å². The average Bonchev–Trinajstić information content (AvgIpc) is 2.82. The number of nitrogens with zero attached hydrogens (tertiary/aromatic N) is 3. The lowest BCUT2D eigenvalue weighted by Gasteiger charge is -2.39. The standard InChI is InChI=1S/C16H25N3S/c1-5-19(16-12(2)10-15(11-17)20-16)14-8-6-13(7-9-14)18(3)4/h10,13-14H,5-9H2,1-4H3. The molecule has 1 saturated carbocycles. The van der Waals surface area contributed by atoms with Crippen LogP contribution in [0.5, 0.6) is 0 Å². The molecular weight excluding hydrogens is 266 g/mol. The molecule has 1 heterocycles. The van der Waals surface area contributed by atoms with E-state index in [-0.39, 0.29) is 0 Å². The van der Waals surface area contributed by atoms with E-state index in [0.29, 0.717) is 6.04 Å². The Morgan fingerprint density at radius 1 is 1.25 bits per heavy atom. The van der Waals surface area contributed by atoms with Crippen molar-refractivity contribution >= 4 is 16.3 Å². The van der Waals surface area contributed by atoms with E-state index in [4.69, 9.17) is 5.26 Å². The van der Waals surface area contributed by atoms with Gasteiger partial charge in [0.15, 0.2) is 0 Å². The summed E-state index contributed by atoms with van der Waals surface area (Å²) in [5, 5.41) is 10.4. The number of hydrogen-bond acceptors (Lipinski definition) is 4. The second-order valence-corrected chi connectivity index (χ2v) is 6.95. The van der Waals surface area contributed by atoms with Crippen molar-refractivity contribution in [2.75, 3.05) is 25.5 Å². The van der Waals surface area contributed by atoms with Crippen LogP contribution in [0.1, 0.15) is 43.0 Å². The Morgan fingerprint density at radius 2 is 1.85 bits per heavy atom. The Kier molecular flexibility index (Phi) is 5.06. The highest BCUT2D eigenvalue weighted by Crippen LogP contribution is 2.35. The lowest BCUT2D eigenvalue weighted by molar-refractivity contribution is 0.214. The molecule has 110 valence electrons. The molecule has 0 radical (unpaired) electrons. The predicted octanol–water partition coefficient (Wildman–Crippen LogP) is 3.63. The molecule has 4 heteroatoms. The molecule has 3 nitrogen and oxygen atoms in total. The third-order valence-electron chi connectivity index (χ3n) is 4.44. The Bertz CT molecular complexity index is 478. The van der Waals surface area contributed by atoms with Gasteiger partial charge in [-0.3, -0.25) is 0 Å². The van der Waals surface area contributed by atoms with Gasteiger partial charge in [-0.25, -0.2) is 0 Å². The maximum Gasteiger partial charge on any atom is 0.110 e. The molecule has 0 unspecified atom stereocenters. The maximum absolute atomic E-state index is 9.07. The Morgan fingerprint density at radius 3 is 2.30 bits per heavy atom. The van der Waals surface area contributed by atoms with E-state index < -0.39 is 0 Å². The zero-order chi connectivity index (χ0) is 14.7. The van der Waals surface area contributed by atoms with E-state index >= 15 is 0 Å². The Labute approximate surface area is 126 Å². The molecular formula is C16H25N3S. The highest BCUT2D eigenvalue weighted by atomic mass is 32.1. The summed E-state index contributed by atoms with van der Waals surface area (Å²) in [6.45, 7) is 5.38. The monoisotopic (exact) mass is 291 g/mol. The van der Waals surface area contributed by atoms with E-state index in [0.717, 1.165) is 17.5 Å². The first-order valence-electron chi connectivity index (χ1n) is 7.50. The summed E-state index contributed by atoms with van der Waals surface area (Å²) in [5.74, 6) is 0. The van der Waals surface area contributed by atoms with Crippen LogP contribution in [0.3, 0.4) is 0 Å². The molecule has 0 bridgehead atoms. The fourth-order valence-corrected chi connectivity index (χ4v) is 4.37. The second-order valence-electron chi connectivity index (χ2n) is 5.92. The van der Waals surface area contributed by atoms with Crippen LogP contribution < -0.4 is 4.90 Å². The third-order valence-corrected chi connectivity index (χ3v) is 5.62. The van der Waals surface area contributed by atoms with Crippen LogP contribution in [0, 0.1) is 18.3 Å². The summed E-state index contributed by atoms with van der Waals surface area (Å²) in [6.07, 6.45) is 5.08. The molecule has 1 aliphatic rings. The van der Waals surface area contributed by atoms with Crippen LogP contribution in [0.15, 0.2) is 6.07 Å². The normalized spacial score (nSPS) is 22.8. The Hall–Kier alpha value is -1.05. The van der Waals surface area contributed by atoms with E-state index in [9.17, 15) is 0 Å². The van der Waals surface area contributed by atoms with Gasteiger partial charge in [0, 0.05) is 18.6 Å². The molecule has 0 atom stereocenters. The van der Waals surface area contributed by atoms with Crippen molar-refractivity contribution in [3.05, 3.63) is 16.5 Å². The largest absolute Gasteiger partial charge is 0.360 e. The lowest BCUT2D eigenvalue weighted by atomic mass is 9.89. The van der Waals surface area contributed by atoms with Gasteiger partial charge in [-0.05, 0) is 65.3 Å². The Balaban J connectivity index is 2.09. The molecule has 1 fully saturated rings. The first kappa shape index (κ1) is 15.3. The van der Waals surface area contributed by atoms with Gasteiger partial charge in [-0.15, -0.1) is 11.3 Å². The van der Waals surface area contributed by atoms with Crippen LogP contribution in [0.4, 0.5) is 5.00 Å². The number of aryl methyl sites for hydroxylation is 1. The predicted molar refractivity (Wildman–Crippen MR) is 86.5 cm³/mol. The van der Waals surface area contributed by atoms with Gasteiger partial charge in [0.1, 0.15) is 10.9 Å². The van der Waals surface area contributed by atoms with E-state index in [2.05, 4.69) is 43.8 Å². The molecule has 0 aromatic carbocycles. The van der Waals surface area contributed by atoms with Gasteiger partial charge in [-0.1, -0.05) is 0 Å². The van der Waals surface area contributed by atoms with E-state index in [1.807, 2.05) is 6.07 Å². The van der Waals surface area contributed by atoms with Crippen LogP contribution >= 0.6 is 11.3 Å². The summed E-state index contributed by atoms with van der Waals surface area (Å²) in [4.78, 5) is 5.71. The minimum Gasteiger partial charge on any atom is -0.360 e. The van der Waals surface area contributed by atoms with Crippen LogP contribution in [0.25, 0.3) is 0 Å². The van der Waals surface area contributed by atoms with Crippen molar-refractivity contribution in [1.29, 1.82) is 5.26 Å². The fraction of sp³-hybridized carbons (Fsp3) is 0.688. The summed E-state index contributed by atoms with van der Waals surface area (Å²) in [5.41, 5.74) is 1.25. The molecule has 1 aliphatic carbocycles. The van der Waals surface area contributed by atoms with E-state index in [1.165, 1.54) is 36.2 Å². The summed E-state index contributed by atoms with van der Waals surface area (Å²) in [6, 6.07) is 5.68. The van der Waals surface area contributed by atoms with Crippen molar-refractivity contribution in [3.63, 3.8) is 0 Å². The minimum atomic E-state index is 0.639. The quantitative estimate of drug-likeness (QED) is 0.848. The van der Waals surface area contributed by atoms with Crippen molar-refractivity contribution in [1.82, 2.24) is 4.90 Å². The zero-order valence-corrected chi connectivity index (χ0v) is 13.8. The SMILES string of the molecule is CCN(c1sc(C#N)cc1C)C1CCC(N(C)C)CC1. The van der Waals surface area contributed by atoms with Gasteiger partial charge in [0.05, 0.1) is 5.00 Å². The summed E-state index contributed by atoms with van der Waals surface area (Å²) < 4.78 is 0. The van der Waals surface area contributed by atoms with Crippen LogP contribution in [-0.4, -0.2) is 37.6 Å². The number of anilines is 1. The highest BCUT2D eigenvalue weighted by Gasteiger charge is 2.27. The number of thiophene rings is 1. The molecule has 0 spiro atoms. The van der Waals surface area contributed by atoms with Gasteiger partial charge in [-0.2, -0.15) is 5.26 Å². The number of nitriles is 1. The summed E-state index contributed by atoms with van der Waals surface area (Å²) in [7, 11) is 4.37. The number of hydrogen-bond donors (Lipinski definition) is 0. The molecule has 0 N–H and O–H groups in total. The highest BCUT2D eigenvalue weighted by molar-refractivity contribution is 7.16. The number of rotatable bonds is 4. The average molecular weight is 291 g/mol. The molecule has 20 heavy (non-hydrogen) atoms. The summed E-state index contributed by atoms with van der Waals surface area (Å²) >= 11 is 1.65. The second kappa shape index (κ2) is 6.60. The van der Waals surface area contributed by atoms with Gasteiger partial charge < -0.3 is 9.80 Å². The smallest absolute Gasteiger partial charge is 0.110 e. The van der Waals surface area contributed by atoms with Crippen LogP contribution in [0.2, 0.25) is 0 Å². The molecule has 0 aliphatic heterocycles. The zero-order valence-electron chi connectivity index (χ0n) is 13.0. The van der Waals surface area contributed by atoms with Crippen molar-refractivity contribution < 1.29 is 0 Å². The third kappa shape index (κ3) is 3.16.